The fourth-order valence-electron chi connectivity index (χ4n) is 2.17. The fourth-order valence-corrected chi connectivity index (χ4v) is 2.71. The quantitative estimate of drug-likeness (QED) is 0.887. The average Bonchev–Trinajstić information content (AvgIpc) is 2.49. The number of halogens is 2. The lowest BCUT2D eigenvalue weighted by atomic mass is 9.99. The molecular formula is C16H17BrFNO2. The number of hydrogen-bond acceptors (Lipinski definition) is 3. The molecule has 0 spiro atoms. The van der Waals surface area contributed by atoms with Crippen molar-refractivity contribution in [3.05, 3.63) is 57.8 Å². The normalized spacial score (nSPS) is 12.0. The molecule has 2 N–H and O–H groups in total. The minimum absolute atomic E-state index is 0.295. The van der Waals surface area contributed by atoms with Crippen molar-refractivity contribution in [2.24, 2.45) is 5.73 Å². The summed E-state index contributed by atoms with van der Waals surface area (Å²) in [5, 5.41) is 0. The van der Waals surface area contributed by atoms with Crippen molar-refractivity contribution in [2.75, 3.05) is 14.2 Å². The van der Waals surface area contributed by atoms with Gasteiger partial charge >= 0.3 is 0 Å². The monoisotopic (exact) mass is 353 g/mol. The molecule has 2 aromatic carbocycles. The Morgan fingerprint density at radius 2 is 1.81 bits per heavy atom. The van der Waals surface area contributed by atoms with E-state index in [9.17, 15) is 4.39 Å². The van der Waals surface area contributed by atoms with Crippen LogP contribution >= 0.6 is 15.9 Å². The number of hydrogen-bond donors (Lipinski definition) is 1. The highest BCUT2D eigenvalue weighted by Crippen LogP contribution is 2.30. The Kier molecular flexibility index (Phi) is 5.20. The first-order valence-electron chi connectivity index (χ1n) is 6.46. The van der Waals surface area contributed by atoms with Gasteiger partial charge in [0, 0.05) is 10.5 Å². The van der Waals surface area contributed by atoms with Crippen LogP contribution in [0.3, 0.4) is 0 Å². The molecule has 2 aromatic rings. The van der Waals surface area contributed by atoms with E-state index in [2.05, 4.69) is 15.9 Å². The molecular weight excluding hydrogens is 337 g/mol. The van der Waals surface area contributed by atoms with Crippen LogP contribution in [0.5, 0.6) is 11.5 Å². The third-order valence-electron chi connectivity index (χ3n) is 3.26. The molecule has 3 nitrogen and oxygen atoms in total. The summed E-state index contributed by atoms with van der Waals surface area (Å²) >= 11 is 3.40. The van der Waals surface area contributed by atoms with Crippen molar-refractivity contribution in [1.82, 2.24) is 0 Å². The zero-order valence-corrected chi connectivity index (χ0v) is 13.5. The summed E-state index contributed by atoms with van der Waals surface area (Å²) in [6.45, 7) is 0. The topological polar surface area (TPSA) is 44.5 Å². The van der Waals surface area contributed by atoms with Crippen LogP contribution in [0.25, 0.3) is 0 Å². The largest absolute Gasteiger partial charge is 0.493 e. The van der Waals surface area contributed by atoms with Gasteiger partial charge in [-0.25, -0.2) is 4.39 Å². The summed E-state index contributed by atoms with van der Waals surface area (Å²) in [6.07, 6.45) is 0.572. The van der Waals surface area contributed by atoms with Gasteiger partial charge in [0.1, 0.15) is 5.82 Å². The van der Waals surface area contributed by atoms with Crippen LogP contribution in [0, 0.1) is 5.82 Å². The Labute approximate surface area is 132 Å². The molecule has 0 aromatic heterocycles. The maximum Gasteiger partial charge on any atom is 0.160 e. The van der Waals surface area contributed by atoms with E-state index in [1.54, 1.807) is 20.3 Å². The van der Waals surface area contributed by atoms with Crippen LogP contribution in [0.1, 0.15) is 17.2 Å². The summed E-state index contributed by atoms with van der Waals surface area (Å²) < 4.78 is 24.6. The lowest BCUT2D eigenvalue weighted by Crippen LogP contribution is -2.14. The minimum atomic E-state index is -0.312. The van der Waals surface area contributed by atoms with Crippen molar-refractivity contribution >= 4 is 15.9 Å². The molecule has 0 saturated heterocycles. The van der Waals surface area contributed by atoms with E-state index in [1.807, 2.05) is 18.2 Å². The molecule has 112 valence electrons. The molecule has 0 saturated carbocycles. The van der Waals surface area contributed by atoms with Gasteiger partial charge in [0.2, 0.25) is 0 Å². The number of nitrogens with two attached hydrogens (primary N) is 1. The molecule has 2 rings (SSSR count). The first kappa shape index (κ1) is 15.8. The van der Waals surface area contributed by atoms with E-state index in [1.165, 1.54) is 12.1 Å². The number of ether oxygens (including phenoxy) is 2. The van der Waals surface area contributed by atoms with Crippen LogP contribution in [0.15, 0.2) is 40.9 Å². The van der Waals surface area contributed by atoms with E-state index < -0.39 is 0 Å². The lowest BCUT2D eigenvalue weighted by molar-refractivity contribution is 0.354. The smallest absolute Gasteiger partial charge is 0.160 e. The van der Waals surface area contributed by atoms with Crippen LogP contribution in [-0.4, -0.2) is 14.2 Å². The van der Waals surface area contributed by atoms with Gasteiger partial charge in [-0.05, 0) is 47.9 Å². The molecule has 1 unspecified atom stereocenters. The van der Waals surface area contributed by atoms with Crippen molar-refractivity contribution in [2.45, 2.75) is 12.5 Å². The van der Waals surface area contributed by atoms with Gasteiger partial charge in [-0.3, -0.25) is 0 Å². The van der Waals surface area contributed by atoms with Crippen LogP contribution in [0.4, 0.5) is 4.39 Å². The van der Waals surface area contributed by atoms with Gasteiger partial charge in [0.05, 0.1) is 14.2 Å². The number of methoxy groups -OCH3 is 2. The SMILES string of the molecule is COc1ccc(CC(N)c2cc(F)ccc2Br)cc1OC. The van der Waals surface area contributed by atoms with E-state index in [4.69, 9.17) is 15.2 Å². The molecule has 21 heavy (non-hydrogen) atoms. The Morgan fingerprint density at radius 3 is 2.48 bits per heavy atom. The molecule has 1 atom stereocenters. The molecule has 0 heterocycles. The van der Waals surface area contributed by atoms with Crippen molar-refractivity contribution in [3.8, 4) is 11.5 Å². The standard InChI is InChI=1S/C16H17BrFNO2/c1-20-15-6-3-10(8-16(15)21-2)7-14(19)12-9-11(18)4-5-13(12)17/h3-6,8-9,14H,7,19H2,1-2H3. The molecule has 5 heteroatoms. The second kappa shape index (κ2) is 6.91. The maximum absolute atomic E-state index is 13.4. The molecule has 0 radical (unpaired) electrons. The second-order valence-corrected chi connectivity index (χ2v) is 5.52. The molecule has 0 aliphatic rings. The van der Waals surface area contributed by atoms with Gasteiger partial charge in [0.25, 0.3) is 0 Å². The van der Waals surface area contributed by atoms with Crippen LogP contribution < -0.4 is 15.2 Å². The fraction of sp³-hybridized carbons (Fsp3) is 0.250. The summed E-state index contributed by atoms with van der Waals surface area (Å²) in [4.78, 5) is 0. The highest BCUT2D eigenvalue weighted by atomic mass is 79.9. The van der Waals surface area contributed by atoms with Gasteiger partial charge < -0.3 is 15.2 Å². The minimum Gasteiger partial charge on any atom is -0.493 e. The average molecular weight is 354 g/mol. The van der Waals surface area contributed by atoms with E-state index in [0.717, 1.165) is 15.6 Å². The van der Waals surface area contributed by atoms with Crippen molar-refractivity contribution in [1.29, 1.82) is 0 Å². The number of benzene rings is 2. The second-order valence-electron chi connectivity index (χ2n) is 4.67. The highest BCUT2D eigenvalue weighted by Gasteiger charge is 2.13. The molecule has 0 fully saturated rings. The summed E-state index contributed by atoms with van der Waals surface area (Å²) in [6, 6.07) is 9.85. The maximum atomic E-state index is 13.4. The van der Waals surface area contributed by atoms with Gasteiger partial charge in [-0.2, -0.15) is 0 Å². The summed E-state index contributed by atoms with van der Waals surface area (Å²) in [5.41, 5.74) is 7.93. The Hall–Kier alpha value is -1.59. The first-order valence-corrected chi connectivity index (χ1v) is 7.26. The van der Waals surface area contributed by atoms with Gasteiger partial charge in [-0.1, -0.05) is 22.0 Å². The Bertz CT molecular complexity index is 634. The van der Waals surface area contributed by atoms with E-state index in [-0.39, 0.29) is 11.9 Å². The summed E-state index contributed by atoms with van der Waals surface area (Å²) in [5.74, 6) is 1.03. The third kappa shape index (κ3) is 3.74. The van der Waals surface area contributed by atoms with Crippen molar-refractivity contribution in [3.63, 3.8) is 0 Å². The molecule has 0 bridgehead atoms. The number of rotatable bonds is 5. The Balaban J connectivity index is 2.23. The zero-order valence-electron chi connectivity index (χ0n) is 11.9. The molecule has 0 amide bonds. The van der Waals surface area contributed by atoms with E-state index in [0.29, 0.717) is 17.9 Å². The van der Waals surface area contributed by atoms with Gasteiger partial charge in [-0.15, -0.1) is 0 Å². The predicted molar refractivity (Wildman–Crippen MR) is 84.3 cm³/mol. The molecule has 0 aliphatic carbocycles. The molecule has 0 aliphatic heterocycles. The van der Waals surface area contributed by atoms with Crippen molar-refractivity contribution < 1.29 is 13.9 Å². The highest BCUT2D eigenvalue weighted by molar-refractivity contribution is 9.10. The summed E-state index contributed by atoms with van der Waals surface area (Å²) in [7, 11) is 3.18. The predicted octanol–water partition coefficient (Wildman–Crippen LogP) is 3.85. The Morgan fingerprint density at radius 1 is 1.10 bits per heavy atom. The third-order valence-corrected chi connectivity index (χ3v) is 3.98. The van der Waals surface area contributed by atoms with E-state index >= 15 is 0 Å². The van der Waals surface area contributed by atoms with Gasteiger partial charge in [0.15, 0.2) is 11.5 Å². The van der Waals surface area contributed by atoms with Crippen LogP contribution in [0.2, 0.25) is 0 Å². The lowest BCUT2D eigenvalue weighted by Gasteiger charge is -2.15. The zero-order chi connectivity index (χ0) is 15.4. The van der Waals surface area contributed by atoms with Crippen LogP contribution in [-0.2, 0) is 6.42 Å². The first-order chi connectivity index (χ1) is 10.0.